The maximum atomic E-state index is 13.1. The lowest BCUT2D eigenvalue weighted by atomic mass is 10.1. The van der Waals surface area contributed by atoms with E-state index in [1.165, 1.54) is 13.2 Å². The number of ether oxygens (including phenoxy) is 1. The normalized spacial score (nSPS) is 18.1. The number of carbonyl (C=O) groups is 2. The highest BCUT2D eigenvalue weighted by Gasteiger charge is 2.34. The smallest absolute Gasteiger partial charge is 0.229 e. The third-order valence-electron chi connectivity index (χ3n) is 3.34. The first-order valence-corrected chi connectivity index (χ1v) is 6.54. The second kappa shape index (κ2) is 6.62. The molecule has 114 valence electrons. The van der Waals surface area contributed by atoms with Crippen molar-refractivity contribution in [2.24, 2.45) is 5.92 Å². The van der Waals surface area contributed by atoms with Crippen molar-refractivity contribution >= 4 is 17.5 Å². The molecule has 1 saturated heterocycles. The van der Waals surface area contributed by atoms with Gasteiger partial charge in [0, 0.05) is 38.4 Å². The molecule has 5 nitrogen and oxygen atoms in total. The lowest BCUT2D eigenvalue weighted by molar-refractivity contribution is -0.128. The first kappa shape index (κ1) is 15.4. The molecule has 7 heteroatoms. The van der Waals surface area contributed by atoms with Crippen molar-refractivity contribution in [2.75, 3.05) is 32.1 Å². The molecule has 21 heavy (non-hydrogen) atoms. The van der Waals surface area contributed by atoms with Gasteiger partial charge in [0.25, 0.3) is 0 Å². The minimum atomic E-state index is -1.03. The van der Waals surface area contributed by atoms with Crippen LogP contribution in [0.4, 0.5) is 14.5 Å². The second-order valence-electron chi connectivity index (χ2n) is 4.85. The van der Waals surface area contributed by atoms with Crippen LogP contribution in [0.2, 0.25) is 0 Å². The predicted molar refractivity (Wildman–Crippen MR) is 71.6 cm³/mol. The number of anilines is 1. The largest absolute Gasteiger partial charge is 0.383 e. The quantitative estimate of drug-likeness (QED) is 0.894. The van der Waals surface area contributed by atoms with Gasteiger partial charge in [-0.3, -0.25) is 9.59 Å². The number of benzene rings is 1. The lowest BCUT2D eigenvalue weighted by Gasteiger charge is -2.15. The van der Waals surface area contributed by atoms with Crippen molar-refractivity contribution < 1.29 is 23.1 Å². The first-order valence-electron chi connectivity index (χ1n) is 6.54. The van der Waals surface area contributed by atoms with E-state index in [1.54, 1.807) is 4.90 Å². The van der Waals surface area contributed by atoms with Gasteiger partial charge < -0.3 is 15.0 Å². The van der Waals surface area contributed by atoms with Crippen LogP contribution in [0.25, 0.3) is 0 Å². The second-order valence-corrected chi connectivity index (χ2v) is 4.85. The van der Waals surface area contributed by atoms with Crippen LogP contribution in [0, 0.1) is 17.6 Å². The van der Waals surface area contributed by atoms with Crippen molar-refractivity contribution in [2.45, 2.75) is 6.42 Å². The number of hydrogen-bond donors (Lipinski definition) is 1. The van der Waals surface area contributed by atoms with E-state index < -0.39 is 17.6 Å². The Balaban J connectivity index is 1.95. The number of hydrogen-bond acceptors (Lipinski definition) is 3. The van der Waals surface area contributed by atoms with Gasteiger partial charge in [-0.1, -0.05) is 0 Å². The van der Waals surface area contributed by atoms with Crippen LogP contribution >= 0.6 is 0 Å². The molecule has 1 N–H and O–H groups in total. The van der Waals surface area contributed by atoms with Crippen LogP contribution in [0.15, 0.2) is 18.2 Å². The average Bonchev–Trinajstić information content (AvgIpc) is 2.82. The molecule has 1 aliphatic heterocycles. The van der Waals surface area contributed by atoms with Crippen molar-refractivity contribution in [3.8, 4) is 0 Å². The first-order chi connectivity index (χ1) is 10.0. The zero-order valence-corrected chi connectivity index (χ0v) is 11.6. The number of amides is 2. The summed E-state index contributed by atoms with van der Waals surface area (Å²) in [7, 11) is 1.54. The van der Waals surface area contributed by atoms with E-state index in [1.807, 2.05) is 0 Å². The Labute approximate surface area is 120 Å². The molecule has 2 amide bonds. The van der Waals surface area contributed by atoms with Crippen LogP contribution in [0.5, 0.6) is 0 Å². The topological polar surface area (TPSA) is 58.6 Å². The monoisotopic (exact) mass is 298 g/mol. The molecule has 2 rings (SSSR count). The molecular weight excluding hydrogens is 282 g/mol. The molecule has 1 fully saturated rings. The highest BCUT2D eigenvalue weighted by atomic mass is 19.2. The van der Waals surface area contributed by atoms with Gasteiger partial charge in [0.15, 0.2) is 11.6 Å². The van der Waals surface area contributed by atoms with Gasteiger partial charge in [0.1, 0.15) is 0 Å². The van der Waals surface area contributed by atoms with Gasteiger partial charge in [-0.15, -0.1) is 0 Å². The Hall–Kier alpha value is -2.02. The van der Waals surface area contributed by atoms with E-state index >= 15 is 0 Å². The molecule has 1 aromatic rings. The van der Waals surface area contributed by atoms with E-state index in [9.17, 15) is 18.4 Å². The molecule has 0 aliphatic carbocycles. The Kier molecular flexibility index (Phi) is 4.85. The van der Waals surface area contributed by atoms with Crippen molar-refractivity contribution in [1.82, 2.24) is 4.90 Å². The average molecular weight is 298 g/mol. The van der Waals surface area contributed by atoms with E-state index in [-0.39, 0.29) is 23.9 Å². The van der Waals surface area contributed by atoms with E-state index in [0.29, 0.717) is 19.7 Å². The highest BCUT2D eigenvalue weighted by molar-refractivity contribution is 5.97. The summed E-state index contributed by atoms with van der Waals surface area (Å²) in [4.78, 5) is 25.3. The number of nitrogens with zero attached hydrogens (tertiary/aromatic N) is 1. The molecule has 1 aromatic carbocycles. The van der Waals surface area contributed by atoms with Gasteiger partial charge in [-0.2, -0.15) is 0 Å². The summed E-state index contributed by atoms with van der Waals surface area (Å²) >= 11 is 0. The fourth-order valence-electron chi connectivity index (χ4n) is 2.18. The number of methoxy groups -OCH3 is 1. The molecule has 1 heterocycles. The third kappa shape index (κ3) is 3.75. The minimum absolute atomic E-state index is 0.110. The summed E-state index contributed by atoms with van der Waals surface area (Å²) in [6.07, 6.45) is 0.110. The lowest BCUT2D eigenvalue weighted by Crippen LogP contribution is -2.30. The third-order valence-corrected chi connectivity index (χ3v) is 3.34. The Morgan fingerprint density at radius 1 is 1.43 bits per heavy atom. The maximum absolute atomic E-state index is 13.1. The van der Waals surface area contributed by atoms with Crippen molar-refractivity contribution in [3.63, 3.8) is 0 Å². The summed E-state index contributed by atoms with van der Waals surface area (Å²) in [5.74, 6) is -3.00. The van der Waals surface area contributed by atoms with Crippen molar-refractivity contribution in [3.05, 3.63) is 29.8 Å². The van der Waals surface area contributed by atoms with Crippen LogP contribution in [-0.4, -0.2) is 43.5 Å². The number of nitrogens with one attached hydrogen (secondary N) is 1. The van der Waals surface area contributed by atoms with Crippen LogP contribution < -0.4 is 5.32 Å². The standard InChI is InChI=1S/C14H16F2N2O3/c1-21-5-4-18-8-9(6-13(18)19)14(20)17-10-2-3-11(15)12(16)7-10/h2-3,7,9H,4-6,8H2,1H3,(H,17,20)/t9-/m1/s1. The molecule has 1 aliphatic rings. The fourth-order valence-corrected chi connectivity index (χ4v) is 2.18. The van der Waals surface area contributed by atoms with Gasteiger partial charge >= 0.3 is 0 Å². The Morgan fingerprint density at radius 2 is 2.19 bits per heavy atom. The summed E-state index contributed by atoms with van der Waals surface area (Å²) in [6, 6.07) is 3.12. The molecule has 0 bridgehead atoms. The fraction of sp³-hybridized carbons (Fsp3) is 0.429. The Morgan fingerprint density at radius 3 is 2.86 bits per heavy atom. The van der Waals surface area contributed by atoms with Gasteiger partial charge in [0.2, 0.25) is 11.8 Å². The predicted octanol–water partition coefficient (Wildman–Crippen LogP) is 1.40. The van der Waals surface area contributed by atoms with Crippen LogP contribution in [0.3, 0.4) is 0 Å². The molecule has 0 spiro atoms. The van der Waals surface area contributed by atoms with E-state index in [0.717, 1.165) is 12.1 Å². The van der Waals surface area contributed by atoms with E-state index in [4.69, 9.17) is 4.74 Å². The molecule has 0 aromatic heterocycles. The van der Waals surface area contributed by atoms with Crippen LogP contribution in [0.1, 0.15) is 6.42 Å². The zero-order valence-electron chi connectivity index (χ0n) is 11.6. The molecular formula is C14H16F2N2O3. The number of likely N-dealkylation sites (tertiary alicyclic amines) is 1. The summed E-state index contributed by atoms with van der Waals surface area (Å²) in [5, 5.41) is 2.49. The number of halogens is 2. The van der Waals surface area contributed by atoms with Gasteiger partial charge in [0.05, 0.1) is 12.5 Å². The Bertz CT molecular complexity index is 551. The minimum Gasteiger partial charge on any atom is -0.383 e. The summed E-state index contributed by atoms with van der Waals surface area (Å²) < 4.78 is 30.8. The highest BCUT2D eigenvalue weighted by Crippen LogP contribution is 2.20. The maximum Gasteiger partial charge on any atom is 0.229 e. The van der Waals surface area contributed by atoms with Crippen LogP contribution in [-0.2, 0) is 14.3 Å². The summed E-state index contributed by atoms with van der Waals surface area (Å²) in [6.45, 7) is 1.14. The van der Waals surface area contributed by atoms with Crippen molar-refractivity contribution in [1.29, 1.82) is 0 Å². The number of rotatable bonds is 5. The molecule has 0 saturated carbocycles. The molecule has 0 radical (unpaired) electrons. The van der Waals surface area contributed by atoms with Gasteiger partial charge in [-0.05, 0) is 12.1 Å². The molecule has 0 unspecified atom stereocenters. The SMILES string of the molecule is COCCN1C[C@H](C(=O)Nc2ccc(F)c(F)c2)CC1=O. The molecule has 1 atom stereocenters. The zero-order chi connectivity index (χ0) is 15.4. The summed E-state index contributed by atoms with van der Waals surface area (Å²) in [5.41, 5.74) is 0.168. The number of carbonyl (C=O) groups excluding carboxylic acids is 2. The van der Waals surface area contributed by atoms with Gasteiger partial charge in [-0.25, -0.2) is 8.78 Å². The van der Waals surface area contributed by atoms with E-state index in [2.05, 4.69) is 5.32 Å².